The number of fused-ring (bicyclic) bond motifs is 1. The fourth-order valence-electron chi connectivity index (χ4n) is 2.51. The molecular formula is C18H19N3O4S3. The molecule has 1 heterocycles. The van der Waals surface area contributed by atoms with Crippen LogP contribution in [0.15, 0.2) is 51.7 Å². The summed E-state index contributed by atoms with van der Waals surface area (Å²) in [7, 11) is -2.60. The maximum absolute atomic E-state index is 12.1. The molecule has 3 N–H and O–H groups in total. The first kappa shape index (κ1) is 20.6. The Labute approximate surface area is 171 Å². The minimum Gasteiger partial charge on any atom is -0.495 e. The van der Waals surface area contributed by atoms with Gasteiger partial charge in [-0.05, 0) is 36.8 Å². The molecule has 1 aromatic heterocycles. The molecule has 0 saturated heterocycles. The van der Waals surface area contributed by atoms with Crippen LogP contribution >= 0.6 is 23.1 Å². The quantitative estimate of drug-likeness (QED) is 0.412. The summed E-state index contributed by atoms with van der Waals surface area (Å²) in [4.78, 5) is 16.5. The number of hydrogen-bond donors (Lipinski definition) is 2. The average molecular weight is 438 g/mol. The Morgan fingerprint density at radius 2 is 2.07 bits per heavy atom. The first-order chi connectivity index (χ1) is 13.4. The van der Waals surface area contributed by atoms with E-state index in [1.807, 2.05) is 24.3 Å². The number of para-hydroxylation sites is 1. The van der Waals surface area contributed by atoms with Crippen LogP contribution in [-0.2, 0) is 14.8 Å². The first-order valence-electron chi connectivity index (χ1n) is 8.36. The number of nitrogens with two attached hydrogens (primary N) is 1. The highest BCUT2D eigenvalue weighted by Gasteiger charge is 2.16. The van der Waals surface area contributed by atoms with E-state index in [2.05, 4.69) is 10.3 Å². The Bertz CT molecular complexity index is 1060. The number of hydrogen-bond acceptors (Lipinski definition) is 7. The molecule has 28 heavy (non-hydrogen) atoms. The molecule has 0 bridgehead atoms. The van der Waals surface area contributed by atoms with Crippen molar-refractivity contribution in [2.45, 2.75) is 22.1 Å². The lowest BCUT2D eigenvalue weighted by Crippen LogP contribution is -2.15. The Kier molecular flexibility index (Phi) is 6.55. The Morgan fingerprint density at radius 3 is 2.79 bits per heavy atom. The van der Waals surface area contributed by atoms with Crippen molar-refractivity contribution in [1.82, 2.24) is 4.98 Å². The summed E-state index contributed by atoms with van der Waals surface area (Å²) >= 11 is 3.26. The van der Waals surface area contributed by atoms with Gasteiger partial charge in [0.2, 0.25) is 15.9 Å². The van der Waals surface area contributed by atoms with Gasteiger partial charge in [-0.3, -0.25) is 4.79 Å². The van der Waals surface area contributed by atoms with E-state index in [0.717, 1.165) is 20.3 Å². The first-order valence-corrected chi connectivity index (χ1v) is 11.7. The van der Waals surface area contributed by atoms with Crippen molar-refractivity contribution in [2.24, 2.45) is 5.14 Å². The highest BCUT2D eigenvalue weighted by Crippen LogP contribution is 2.30. The van der Waals surface area contributed by atoms with Crippen LogP contribution in [0.25, 0.3) is 10.2 Å². The number of primary sulfonamides is 1. The lowest BCUT2D eigenvalue weighted by molar-refractivity contribution is -0.116. The lowest BCUT2D eigenvalue weighted by Gasteiger charge is -2.10. The van der Waals surface area contributed by atoms with Crippen molar-refractivity contribution in [3.05, 3.63) is 42.5 Å². The van der Waals surface area contributed by atoms with E-state index in [0.29, 0.717) is 18.5 Å². The number of anilines is 1. The van der Waals surface area contributed by atoms with Gasteiger partial charge in [-0.25, -0.2) is 18.5 Å². The van der Waals surface area contributed by atoms with Gasteiger partial charge in [0.1, 0.15) is 10.6 Å². The standard InChI is InChI=1S/C18H19N3O4S3/c1-25-14-9-8-12(11-16(14)28(19,23)24)20-17(22)7-4-10-26-18-21-13-5-2-3-6-15(13)27-18/h2-3,5-6,8-9,11H,4,7,10H2,1H3,(H,20,22)(H2,19,23,24). The third-order valence-corrected chi connectivity index (χ3v) is 7.00. The van der Waals surface area contributed by atoms with Crippen LogP contribution in [0.2, 0.25) is 0 Å². The SMILES string of the molecule is COc1ccc(NC(=O)CCCSc2nc3ccccc3s2)cc1S(N)(=O)=O. The molecule has 0 fully saturated rings. The molecule has 0 atom stereocenters. The van der Waals surface area contributed by atoms with Crippen LogP contribution in [0.5, 0.6) is 5.75 Å². The third kappa shape index (κ3) is 5.22. The molecule has 2 aromatic carbocycles. The Balaban J connectivity index is 1.51. The number of thiazole rings is 1. The van der Waals surface area contributed by atoms with E-state index in [9.17, 15) is 13.2 Å². The molecule has 0 aliphatic rings. The number of thioether (sulfide) groups is 1. The smallest absolute Gasteiger partial charge is 0.241 e. The van der Waals surface area contributed by atoms with Gasteiger partial charge < -0.3 is 10.1 Å². The van der Waals surface area contributed by atoms with E-state index in [1.54, 1.807) is 29.2 Å². The largest absolute Gasteiger partial charge is 0.495 e. The van der Waals surface area contributed by atoms with E-state index in [1.165, 1.54) is 19.2 Å². The normalized spacial score (nSPS) is 11.5. The van der Waals surface area contributed by atoms with Crippen LogP contribution in [-0.4, -0.2) is 32.2 Å². The predicted octanol–water partition coefficient (Wildman–Crippen LogP) is 3.46. The van der Waals surface area contributed by atoms with Crippen molar-refractivity contribution in [3.8, 4) is 5.75 Å². The van der Waals surface area contributed by atoms with Crippen LogP contribution in [0, 0.1) is 0 Å². The number of nitrogens with zero attached hydrogens (tertiary/aromatic N) is 1. The number of rotatable bonds is 8. The number of nitrogens with one attached hydrogen (secondary N) is 1. The monoisotopic (exact) mass is 437 g/mol. The van der Waals surface area contributed by atoms with Crippen molar-refractivity contribution in [2.75, 3.05) is 18.2 Å². The molecular weight excluding hydrogens is 418 g/mol. The lowest BCUT2D eigenvalue weighted by atomic mass is 10.2. The van der Waals surface area contributed by atoms with E-state index in [4.69, 9.17) is 9.88 Å². The zero-order valence-electron chi connectivity index (χ0n) is 15.0. The van der Waals surface area contributed by atoms with Crippen LogP contribution in [0.3, 0.4) is 0 Å². The molecule has 3 rings (SSSR count). The summed E-state index contributed by atoms with van der Waals surface area (Å²) in [6.07, 6.45) is 0.985. The highest BCUT2D eigenvalue weighted by molar-refractivity contribution is 8.01. The topological polar surface area (TPSA) is 111 Å². The third-order valence-electron chi connectivity index (χ3n) is 3.80. The van der Waals surface area contributed by atoms with Gasteiger partial charge in [0.25, 0.3) is 0 Å². The van der Waals surface area contributed by atoms with Gasteiger partial charge in [0.05, 0.1) is 17.3 Å². The Hall–Kier alpha value is -2.14. The van der Waals surface area contributed by atoms with Crippen LogP contribution in [0.1, 0.15) is 12.8 Å². The molecule has 148 valence electrons. The zero-order chi connectivity index (χ0) is 20.1. The number of methoxy groups -OCH3 is 1. The van der Waals surface area contributed by atoms with Gasteiger partial charge in [-0.2, -0.15) is 0 Å². The predicted molar refractivity (Wildman–Crippen MR) is 113 cm³/mol. The molecule has 0 spiro atoms. The summed E-state index contributed by atoms with van der Waals surface area (Å²) in [6, 6.07) is 12.3. The van der Waals surface area contributed by atoms with Crippen molar-refractivity contribution < 1.29 is 17.9 Å². The molecule has 1 amide bonds. The molecule has 0 radical (unpaired) electrons. The van der Waals surface area contributed by atoms with Gasteiger partial charge >= 0.3 is 0 Å². The summed E-state index contributed by atoms with van der Waals surface area (Å²) in [5.41, 5.74) is 1.34. The number of aromatic nitrogens is 1. The summed E-state index contributed by atoms with van der Waals surface area (Å²) in [6.45, 7) is 0. The average Bonchev–Trinajstić information content (AvgIpc) is 3.07. The summed E-state index contributed by atoms with van der Waals surface area (Å²) in [5, 5.41) is 7.88. The number of benzene rings is 2. The van der Waals surface area contributed by atoms with Gasteiger partial charge in [0.15, 0.2) is 4.34 Å². The summed E-state index contributed by atoms with van der Waals surface area (Å²) < 4.78 is 30.4. The fourth-order valence-corrected chi connectivity index (χ4v) is 5.31. The minimum atomic E-state index is -3.95. The second-order valence-electron chi connectivity index (χ2n) is 5.86. The van der Waals surface area contributed by atoms with Crippen molar-refractivity contribution in [1.29, 1.82) is 0 Å². The molecule has 10 heteroatoms. The van der Waals surface area contributed by atoms with Gasteiger partial charge in [-0.1, -0.05) is 23.9 Å². The zero-order valence-corrected chi connectivity index (χ0v) is 17.5. The van der Waals surface area contributed by atoms with Gasteiger partial charge in [-0.15, -0.1) is 11.3 Å². The van der Waals surface area contributed by atoms with E-state index < -0.39 is 10.0 Å². The van der Waals surface area contributed by atoms with E-state index in [-0.39, 0.29) is 16.6 Å². The van der Waals surface area contributed by atoms with Gasteiger partial charge in [0, 0.05) is 17.9 Å². The minimum absolute atomic E-state index is 0.132. The molecule has 3 aromatic rings. The molecule has 0 aliphatic heterocycles. The van der Waals surface area contributed by atoms with Crippen molar-refractivity contribution >= 4 is 54.9 Å². The molecule has 0 saturated carbocycles. The number of carbonyl (C=O) groups excluding carboxylic acids is 1. The molecule has 7 nitrogen and oxygen atoms in total. The molecule has 0 unspecified atom stereocenters. The maximum atomic E-state index is 12.1. The van der Waals surface area contributed by atoms with Crippen molar-refractivity contribution in [3.63, 3.8) is 0 Å². The molecule has 0 aliphatic carbocycles. The van der Waals surface area contributed by atoms with Crippen LogP contribution < -0.4 is 15.2 Å². The number of sulfonamides is 1. The second-order valence-corrected chi connectivity index (χ2v) is 9.76. The fraction of sp³-hybridized carbons (Fsp3) is 0.222. The van der Waals surface area contributed by atoms with Crippen LogP contribution in [0.4, 0.5) is 5.69 Å². The number of amides is 1. The Morgan fingerprint density at radius 1 is 1.29 bits per heavy atom. The highest BCUT2D eigenvalue weighted by atomic mass is 32.2. The maximum Gasteiger partial charge on any atom is 0.241 e. The number of carbonyl (C=O) groups is 1. The number of ether oxygens (including phenoxy) is 1. The van der Waals surface area contributed by atoms with E-state index >= 15 is 0 Å². The second kappa shape index (κ2) is 8.91. The summed E-state index contributed by atoms with van der Waals surface area (Å²) in [5.74, 6) is 0.696.